The summed E-state index contributed by atoms with van der Waals surface area (Å²) in [6, 6.07) is 2.22. The summed E-state index contributed by atoms with van der Waals surface area (Å²) < 4.78 is 6.59. The Morgan fingerprint density at radius 1 is 1.75 bits per heavy atom. The van der Waals surface area contributed by atoms with Crippen LogP contribution in [0.1, 0.15) is 11.8 Å². The minimum absolute atomic E-state index is 0.0732. The molecular formula is C11H17BrN2OS. The SMILES string of the molecule is CC1(CNCc2sccc2Br)COCC1N. The summed E-state index contributed by atoms with van der Waals surface area (Å²) in [6.07, 6.45) is 0. The van der Waals surface area contributed by atoms with Crippen molar-refractivity contribution in [2.24, 2.45) is 11.1 Å². The van der Waals surface area contributed by atoms with Crippen molar-refractivity contribution in [3.8, 4) is 0 Å². The highest BCUT2D eigenvalue weighted by molar-refractivity contribution is 9.10. The van der Waals surface area contributed by atoms with E-state index in [-0.39, 0.29) is 11.5 Å². The molecule has 90 valence electrons. The summed E-state index contributed by atoms with van der Waals surface area (Å²) >= 11 is 5.29. The van der Waals surface area contributed by atoms with Gasteiger partial charge in [0.2, 0.25) is 0 Å². The number of thiophene rings is 1. The molecule has 2 atom stereocenters. The first-order chi connectivity index (χ1) is 7.62. The molecule has 0 spiro atoms. The Bertz CT molecular complexity index is 358. The number of hydrogen-bond acceptors (Lipinski definition) is 4. The number of ether oxygens (including phenoxy) is 1. The summed E-state index contributed by atoms with van der Waals surface area (Å²) in [5.41, 5.74) is 6.10. The van der Waals surface area contributed by atoms with Gasteiger partial charge in [-0.25, -0.2) is 0 Å². The van der Waals surface area contributed by atoms with Crippen molar-refractivity contribution in [2.45, 2.75) is 19.5 Å². The number of halogens is 1. The summed E-state index contributed by atoms with van der Waals surface area (Å²) in [5, 5.41) is 5.55. The van der Waals surface area contributed by atoms with E-state index in [0.29, 0.717) is 6.61 Å². The van der Waals surface area contributed by atoms with Crippen molar-refractivity contribution in [2.75, 3.05) is 19.8 Å². The lowest BCUT2D eigenvalue weighted by Gasteiger charge is -2.27. The fourth-order valence-corrected chi connectivity index (χ4v) is 3.28. The molecule has 1 aromatic rings. The fourth-order valence-electron chi connectivity index (χ4n) is 1.82. The van der Waals surface area contributed by atoms with Crippen LogP contribution in [0.25, 0.3) is 0 Å². The van der Waals surface area contributed by atoms with Gasteiger partial charge in [-0.05, 0) is 27.4 Å². The average Bonchev–Trinajstić information content (AvgIpc) is 2.77. The number of nitrogens with one attached hydrogen (secondary N) is 1. The van der Waals surface area contributed by atoms with E-state index in [2.05, 4.69) is 39.6 Å². The molecule has 0 saturated carbocycles. The van der Waals surface area contributed by atoms with E-state index in [9.17, 15) is 0 Å². The highest BCUT2D eigenvalue weighted by Gasteiger charge is 2.37. The predicted molar refractivity (Wildman–Crippen MR) is 70.6 cm³/mol. The Morgan fingerprint density at radius 2 is 2.56 bits per heavy atom. The van der Waals surface area contributed by atoms with Crippen LogP contribution < -0.4 is 11.1 Å². The van der Waals surface area contributed by atoms with Gasteiger partial charge in [-0.3, -0.25) is 0 Å². The Kier molecular flexibility index (Phi) is 4.02. The molecule has 0 aliphatic carbocycles. The van der Waals surface area contributed by atoms with E-state index < -0.39 is 0 Å². The van der Waals surface area contributed by atoms with Crippen molar-refractivity contribution < 1.29 is 4.74 Å². The second-order valence-corrected chi connectivity index (χ2v) is 6.43. The summed E-state index contributed by atoms with van der Waals surface area (Å²) in [5.74, 6) is 0. The third-order valence-electron chi connectivity index (χ3n) is 3.13. The zero-order valence-electron chi connectivity index (χ0n) is 9.33. The van der Waals surface area contributed by atoms with Gasteiger partial charge in [-0.1, -0.05) is 6.92 Å². The first kappa shape index (κ1) is 12.5. The zero-order chi connectivity index (χ0) is 11.6. The van der Waals surface area contributed by atoms with Gasteiger partial charge < -0.3 is 15.8 Å². The van der Waals surface area contributed by atoms with Crippen LogP contribution in [0.2, 0.25) is 0 Å². The van der Waals surface area contributed by atoms with Crippen LogP contribution in [-0.4, -0.2) is 25.8 Å². The Morgan fingerprint density at radius 3 is 3.12 bits per heavy atom. The zero-order valence-corrected chi connectivity index (χ0v) is 11.7. The smallest absolute Gasteiger partial charge is 0.0624 e. The molecule has 1 saturated heterocycles. The maximum absolute atomic E-state index is 6.03. The molecule has 2 rings (SSSR count). The molecule has 3 N–H and O–H groups in total. The molecule has 0 amide bonds. The monoisotopic (exact) mass is 304 g/mol. The van der Waals surface area contributed by atoms with E-state index in [1.165, 1.54) is 9.35 Å². The van der Waals surface area contributed by atoms with Gasteiger partial charge in [0.05, 0.1) is 13.2 Å². The molecule has 16 heavy (non-hydrogen) atoms. The summed E-state index contributed by atoms with van der Waals surface area (Å²) in [6.45, 7) is 5.41. The minimum atomic E-state index is 0.0732. The Labute approximate surface area is 108 Å². The molecule has 1 fully saturated rings. The van der Waals surface area contributed by atoms with Crippen LogP contribution in [0.5, 0.6) is 0 Å². The van der Waals surface area contributed by atoms with Gasteiger partial charge in [-0.2, -0.15) is 0 Å². The maximum atomic E-state index is 6.03. The second-order valence-electron chi connectivity index (χ2n) is 4.57. The molecule has 0 bridgehead atoms. The molecule has 0 radical (unpaired) electrons. The van der Waals surface area contributed by atoms with Crippen LogP contribution in [0, 0.1) is 5.41 Å². The molecule has 3 nitrogen and oxygen atoms in total. The standard InChI is InChI=1S/C11H17BrN2OS/c1-11(7-15-5-10(11)13)6-14-4-9-8(12)2-3-16-9/h2-3,10,14H,4-7,13H2,1H3. The van der Waals surface area contributed by atoms with E-state index in [1.54, 1.807) is 11.3 Å². The van der Waals surface area contributed by atoms with Gasteiger partial charge in [-0.15, -0.1) is 11.3 Å². The van der Waals surface area contributed by atoms with Gasteiger partial charge >= 0.3 is 0 Å². The van der Waals surface area contributed by atoms with E-state index >= 15 is 0 Å². The maximum Gasteiger partial charge on any atom is 0.0624 e. The normalized spacial score (nSPS) is 29.8. The molecule has 2 heterocycles. The van der Waals surface area contributed by atoms with Crippen LogP contribution >= 0.6 is 27.3 Å². The van der Waals surface area contributed by atoms with Crippen molar-refractivity contribution in [3.05, 3.63) is 20.8 Å². The van der Waals surface area contributed by atoms with Crippen LogP contribution in [0.3, 0.4) is 0 Å². The lowest BCUT2D eigenvalue weighted by atomic mass is 9.86. The minimum Gasteiger partial charge on any atom is -0.379 e. The first-order valence-electron chi connectivity index (χ1n) is 5.38. The largest absolute Gasteiger partial charge is 0.379 e. The van der Waals surface area contributed by atoms with Gasteiger partial charge in [0.1, 0.15) is 0 Å². The van der Waals surface area contributed by atoms with Crippen LogP contribution in [0.15, 0.2) is 15.9 Å². The lowest BCUT2D eigenvalue weighted by Crippen LogP contribution is -2.45. The van der Waals surface area contributed by atoms with Gasteiger partial charge in [0.15, 0.2) is 0 Å². The predicted octanol–water partition coefficient (Wildman–Crippen LogP) is 1.96. The van der Waals surface area contributed by atoms with Crippen molar-refractivity contribution >= 4 is 27.3 Å². The third-order valence-corrected chi connectivity index (χ3v) is 5.06. The highest BCUT2D eigenvalue weighted by atomic mass is 79.9. The fraction of sp³-hybridized carbons (Fsp3) is 0.636. The van der Waals surface area contributed by atoms with E-state index in [4.69, 9.17) is 10.5 Å². The van der Waals surface area contributed by atoms with Crippen molar-refractivity contribution in [3.63, 3.8) is 0 Å². The third kappa shape index (κ3) is 2.65. The average molecular weight is 305 g/mol. The van der Waals surface area contributed by atoms with Gasteiger partial charge in [0.25, 0.3) is 0 Å². The quantitative estimate of drug-likeness (QED) is 0.894. The first-order valence-corrected chi connectivity index (χ1v) is 7.05. The van der Waals surface area contributed by atoms with Gasteiger partial charge in [0, 0.05) is 33.9 Å². The van der Waals surface area contributed by atoms with Crippen LogP contribution in [0.4, 0.5) is 0 Å². The Hall–Kier alpha value is 0.0600. The molecule has 5 heteroatoms. The van der Waals surface area contributed by atoms with Crippen molar-refractivity contribution in [1.29, 1.82) is 0 Å². The summed E-state index contributed by atoms with van der Waals surface area (Å²) in [7, 11) is 0. The van der Waals surface area contributed by atoms with E-state index in [1.807, 2.05) is 0 Å². The highest BCUT2D eigenvalue weighted by Crippen LogP contribution is 2.27. The molecular weight excluding hydrogens is 288 g/mol. The number of nitrogens with two attached hydrogens (primary N) is 1. The topological polar surface area (TPSA) is 47.3 Å². The summed E-state index contributed by atoms with van der Waals surface area (Å²) in [4.78, 5) is 1.33. The van der Waals surface area contributed by atoms with Crippen molar-refractivity contribution in [1.82, 2.24) is 5.32 Å². The molecule has 0 aromatic carbocycles. The number of hydrogen-bond donors (Lipinski definition) is 2. The molecule has 1 aliphatic rings. The molecule has 2 unspecified atom stereocenters. The second kappa shape index (κ2) is 5.14. The lowest BCUT2D eigenvalue weighted by molar-refractivity contribution is 0.158. The van der Waals surface area contributed by atoms with Crippen LogP contribution in [-0.2, 0) is 11.3 Å². The number of rotatable bonds is 4. The van der Waals surface area contributed by atoms with E-state index in [0.717, 1.165) is 19.7 Å². The molecule has 1 aliphatic heterocycles. The molecule has 1 aromatic heterocycles. The Balaban J connectivity index is 1.82.